The smallest absolute Gasteiger partial charge is 0.410 e. The van der Waals surface area contributed by atoms with Crippen LogP contribution in [-0.2, 0) is 4.74 Å². The highest BCUT2D eigenvalue weighted by Crippen LogP contribution is 2.36. The number of benzene rings is 2. The highest BCUT2D eigenvalue weighted by atomic mass is 16.6. The van der Waals surface area contributed by atoms with Crippen molar-refractivity contribution < 1.29 is 9.53 Å². The van der Waals surface area contributed by atoms with Crippen molar-refractivity contribution in [3.8, 4) is 22.3 Å². The van der Waals surface area contributed by atoms with Gasteiger partial charge in [0.2, 0.25) is 0 Å². The van der Waals surface area contributed by atoms with Gasteiger partial charge in [0.25, 0.3) is 0 Å². The summed E-state index contributed by atoms with van der Waals surface area (Å²) < 4.78 is 7.45. The van der Waals surface area contributed by atoms with Crippen LogP contribution in [0.3, 0.4) is 0 Å². The maximum Gasteiger partial charge on any atom is 0.410 e. The normalized spacial score (nSPS) is 18.8. The van der Waals surface area contributed by atoms with Crippen LogP contribution in [0, 0.1) is 0 Å². The average Bonchev–Trinajstić information content (AvgIpc) is 3.66. The monoisotopic (exact) mass is 518 g/mol. The van der Waals surface area contributed by atoms with E-state index in [9.17, 15) is 4.79 Å². The molecule has 3 aromatic heterocycles. The average molecular weight is 519 g/mol. The van der Waals surface area contributed by atoms with Crippen molar-refractivity contribution in [2.45, 2.75) is 44.9 Å². The number of anilines is 1. The Labute approximate surface area is 226 Å². The van der Waals surface area contributed by atoms with E-state index in [1.165, 1.54) is 5.69 Å². The molecule has 2 aliphatic rings. The van der Waals surface area contributed by atoms with Gasteiger partial charge < -0.3 is 14.5 Å². The van der Waals surface area contributed by atoms with Crippen LogP contribution in [0.25, 0.3) is 38.8 Å². The van der Waals surface area contributed by atoms with Gasteiger partial charge in [0.05, 0.1) is 17.8 Å². The molecule has 196 valence electrons. The van der Waals surface area contributed by atoms with Gasteiger partial charge in [-0.25, -0.2) is 14.3 Å². The lowest BCUT2D eigenvalue weighted by atomic mass is 10.0. The molecule has 8 heteroatoms. The third-order valence-electron chi connectivity index (χ3n) is 7.70. The summed E-state index contributed by atoms with van der Waals surface area (Å²) in [6.45, 7) is 7.27. The Hall–Kier alpha value is -4.46. The Bertz CT molecular complexity index is 1700. The number of fused-ring (bicyclic) bond motifs is 4. The van der Waals surface area contributed by atoms with Crippen LogP contribution >= 0.6 is 0 Å². The second-order valence-corrected chi connectivity index (χ2v) is 11.4. The molecule has 2 saturated heterocycles. The van der Waals surface area contributed by atoms with Gasteiger partial charge in [0, 0.05) is 59.9 Å². The first-order valence-electron chi connectivity index (χ1n) is 13.4. The maximum atomic E-state index is 12.6. The van der Waals surface area contributed by atoms with E-state index in [-0.39, 0.29) is 12.1 Å². The van der Waals surface area contributed by atoms with Crippen LogP contribution in [-0.4, -0.2) is 61.3 Å². The SMILES string of the molecule is CC(C)(C)OC(=O)N1C[C@@H]2C[C@H]1CN2c1ccc(-c2cnc3c(-c4ccnc5ccccc45)cnn3c2)cc1. The number of pyridine rings is 1. The van der Waals surface area contributed by atoms with Crippen LogP contribution in [0.2, 0.25) is 0 Å². The number of carbonyl (C=O) groups is 1. The van der Waals surface area contributed by atoms with Gasteiger partial charge in [-0.05, 0) is 62.6 Å². The molecular weight excluding hydrogens is 488 g/mol. The van der Waals surface area contributed by atoms with Gasteiger partial charge in [-0.2, -0.15) is 5.10 Å². The Balaban J connectivity index is 1.10. The van der Waals surface area contributed by atoms with Crippen molar-refractivity contribution >= 4 is 28.3 Å². The predicted molar refractivity (Wildman–Crippen MR) is 152 cm³/mol. The number of nitrogens with zero attached hydrogens (tertiary/aromatic N) is 6. The Morgan fingerprint density at radius 2 is 1.72 bits per heavy atom. The second-order valence-electron chi connectivity index (χ2n) is 11.4. The summed E-state index contributed by atoms with van der Waals surface area (Å²) in [7, 11) is 0. The second kappa shape index (κ2) is 8.80. The molecule has 8 nitrogen and oxygen atoms in total. The zero-order chi connectivity index (χ0) is 26.7. The van der Waals surface area contributed by atoms with Crippen molar-refractivity contribution in [3.63, 3.8) is 0 Å². The topological polar surface area (TPSA) is 75.9 Å². The molecule has 2 bridgehead atoms. The molecule has 0 spiro atoms. The molecule has 0 saturated carbocycles. The third kappa shape index (κ3) is 4.16. The number of hydrogen-bond acceptors (Lipinski definition) is 6. The molecule has 1 amide bonds. The fourth-order valence-corrected chi connectivity index (χ4v) is 5.92. The fraction of sp³-hybridized carbons (Fsp3) is 0.290. The zero-order valence-corrected chi connectivity index (χ0v) is 22.3. The minimum atomic E-state index is -0.475. The highest BCUT2D eigenvalue weighted by molar-refractivity contribution is 5.97. The minimum absolute atomic E-state index is 0.197. The summed E-state index contributed by atoms with van der Waals surface area (Å²) in [5.41, 5.74) is 6.61. The van der Waals surface area contributed by atoms with Crippen LogP contribution < -0.4 is 4.90 Å². The molecule has 0 N–H and O–H groups in total. The molecule has 5 heterocycles. The summed E-state index contributed by atoms with van der Waals surface area (Å²) in [6, 6.07) is 19.3. The molecule has 0 unspecified atom stereocenters. The summed E-state index contributed by atoms with van der Waals surface area (Å²) in [6.07, 6.45) is 8.43. The van der Waals surface area contributed by atoms with E-state index in [0.717, 1.165) is 51.8 Å². The Kier molecular flexibility index (Phi) is 5.33. The number of hydrogen-bond donors (Lipinski definition) is 0. The Morgan fingerprint density at radius 1 is 0.897 bits per heavy atom. The van der Waals surface area contributed by atoms with Crippen LogP contribution in [0.4, 0.5) is 10.5 Å². The van der Waals surface area contributed by atoms with E-state index in [4.69, 9.17) is 9.72 Å². The number of piperazine rings is 1. The summed E-state index contributed by atoms with van der Waals surface area (Å²) in [5, 5.41) is 5.71. The van der Waals surface area contributed by atoms with E-state index in [1.54, 1.807) is 0 Å². The highest BCUT2D eigenvalue weighted by Gasteiger charge is 2.46. The van der Waals surface area contributed by atoms with E-state index >= 15 is 0 Å². The number of amides is 1. The molecule has 39 heavy (non-hydrogen) atoms. The molecule has 7 rings (SSSR count). The molecule has 2 aromatic carbocycles. The van der Waals surface area contributed by atoms with Crippen LogP contribution in [0.1, 0.15) is 27.2 Å². The number of ether oxygens (including phenoxy) is 1. The molecule has 0 aliphatic carbocycles. The van der Waals surface area contributed by atoms with Crippen LogP contribution in [0.5, 0.6) is 0 Å². The molecule has 5 aromatic rings. The lowest BCUT2D eigenvalue weighted by Crippen LogP contribution is -2.50. The molecular formula is C31H30N6O2. The lowest BCUT2D eigenvalue weighted by Gasteiger charge is -2.36. The van der Waals surface area contributed by atoms with Crippen molar-refractivity contribution in [3.05, 3.63) is 79.4 Å². The van der Waals surface area contributed by atoms with Crippen molar-refractivity contribution in [1.29, 1.82) is 0 Å². The maximum absolute atomic E-state index is 12.6. The number of para-hydroxylation sites is 1. The first-order valence-corrected chi connectivity index (χ1v) is 13.4. The first kappa shape index (κ1) is 23.6. The molecule has 0 radical (unpaired) electrons. The molecule has 2 atom stereocenters. The quantitative estimate of drug-likeness (QED) is 0.300. The lowest BCUT2D eigenvalue weighted by molar-refractivity contribution is 0.0214. The van der Waals surface area contributed by atoms with Crippen molar-refractivity contribution in [1.82, 2.24) is 24.5 Å². The van der Waals surface area contributed by atoms with Crippen molar-refractivity contribution in [2.24, 2.45) is 0 Å². The van der Waals surface area contributed by atoms with Gasteiger partial charge >= 0.3 is 6.09 Å². The van der Waals surface area contributed by atoms with Gasteiger partial charge in [-0.1, -0.05) is 30.3 Å². The predicted octanol–water partition coefficient (Wildman–Crippen LogP) is 5.81. The Morgan fingerprint density at radius 3 is 2.49 bits per heavy atom. The zero-order valence-electron chi connectivity index (χ0n) is 22.3. The molecule has 2 fully saturated rings. The van der Waals surface area contributed by atoms with E-state index in [1.807, 2.05) is 79.2 Å². The number of likely N-dealkylation sites (tertiary alicyclic amines) is 1. The summed E-state index contributed by atoms with van der Waals surface area (Å²) >= 11 is 0. The standard InChI is InChI=1S/C31H30N6O2/c1-31(2,3)39-30(38)36-19-23-14-24(36)18-35(23)22-10-8-20(9-11-22)21-15-33-29-27(16-34-37(29)17-21)25-12-13-32-28-7-5-4-6-26(25)28/h4-13,15-17,23-24H,14,18-19H2,1-3H3/t23-,24-/m0/s1. The largest absolute Gasteiger partial charge is 0.444 e. The van der Waals surface area contributed by atoms with Gasteiger partial charge in [0.1, 0.15) is 5.60 Å². The van der Waals surface area contributed by atoms with Gasteiger partial charge in [0.15, 0.2) is 5.65 Å². The first-order chi connectivity index (χ1) is 18.8. The number of rotatable bonds is 3. The van der Waals surface area contributed by atoms with Crippen molar-refractivity contribution in [2.75, 3.05) is 18.0 Å². The fourth-order valence-electron chi connectivity index (χ4n) is 5.92. The van der Waals surface area contributed by atoms with E-state index in [0.29, 0.717) is 12.6 Å². The number of aromatic nitrogens is 4. The van der Waals surface area contributed by atoms with Gasteiger partial charge in [-0.3, -0.25) is 4.98 Å². The van der Waals surface area contributed by atoms with Crippen LogP contribution in [0.15, 0.2) is 79.4 Å². The minimum Gasteiger partial charge on any atom is -0.444 e. The summed E-state index contributed by atoms with van der Waals surface area (Å²) in [5.74, 6) is 0. The number of carbonyl (C=O) groups excluding carboxylic acids is 1. The third-order valence-corrected chi connectivity index (χ3v) is 7.70. The molecule has 2 aliphatic heterocycles. The van der Waals surface area contributed by atoms with E-state index in [2.05, 4.69) is 45.3 Å². The van der Waals surface area contributed by atoms with Gasteiger partial charge in [-0.15, -0.1) is 0 Å². The van der Waals surface area contributed by atoms with E-state index < -0.39 is 5.60 Å². The summed E-state index contributed by atoms with van der Waals surface area (Å²) in [4.78, 5) is 26.2.